The highest BCUT2D eigenvalue weighted by Crippen LogP contribution is 2.29. The van der Waals surface area contributed by atoms with E-state index in [9.17, 15) is 4.79 Å². The number of carbonyl (C=O) groups is 1. The third kappa shape index (κ3) is 3.58. The van der Waals surface area contributed by atoms with Crippen LogP contribution in [0.5, 0.6) is 5.88 Å². The summed E-state index contributed by atoms with van der Waals surface area (Å²) in [6, 6.07) is 9.72. The molecule has 2 heterocycles. The van der Waals surface area contributed by atoms with Gasteiger partial charge in [-0.2, -0.15) is 0 Å². The van der Waals surface area contributed by atoms with E-state index in [1.165, 1.54) is 18.5 Å². The standard InChI is InChI=1S/C17H16N4O3/c22-8-4-7-14(23)21-13-9-18-16-15(13)17(20-11-19-16)24-10-12-5-2-1-3-6-12/h1-7,9,11,22H,8,10H2,(H,21,23)(H,18,19,20). The van der Waals surface area contributed by atoms with Crippen LogP contribution in [-0.4, -0.2) is 32.6 Å². The summed E-state index contributed by atoms with van der Waals surface area (Å²) in [7, 11) is 0. The molecule has 7 nitrogen and oxygen atoms in total. The summed E-state index contributed by atoms with van der Waals surface area (Å²) in [6.07, 6.45) is 5.64. The fourth-order valence-electron chi connectivity index (χ4n) is 2.20. The fourth-order valence-corrected chi connectivity index (χ4v) is 2.20. The fraction of sp³-hybridized carbons (Fsp3) is 0.118. The molecule has 0 aliphatic carbocycles. The van der Waals surface area contributed by atoms with E-state index in [4.69, 9.17) is 9.84 Å². The average Bonchev–Trinajstić information content (AvgIpc) is 3.02. The molecule has 3 N–H and O–H groups in total. The summed E-state index contributed by atoms with van der Waals surface area (Å²) in [6.45, 7) is 0.159. The highest BCUT2D eigenvalue weighted by Gasteiger charge is 2.13. The first-order chi connectivity index (χ1) is 11.8. The molecule has 2 aromatic heterocycles. The number of anilines is 1. The highest BCUT2D eigenvalue weighted by molar-refractivity contribution is 6.06. The van der Waals surface area contributed by atoms with Gasteiger partial charge in [0.2, 0.25) is 11.8 Å². The molecule has 3 rings (SSSR count). The van der Waals surface area contributed by atoms with Gasteiger partial charge in [-0.05, 0) is 5.56 Å². The molecular formula is C17H16N4O3. The first kappa shape index (κ1) is 15.7. The summed E-state index contributed by atoms with van der Waals surface area (Å²) in [5.74, 6) is 0.0225. The third-order valence-electron chi connectivity index (χ3n) is 3.29. The SMILES string of the molecule is O=C(C=CCO)Nc1c[nH]c2ncnc(OCc3ccccc3)c12. The first-order valence-corrected chi connectivity index (χ1v) is 7.35. The molecule has 1 aromatic carbocycles. The third-order valence-corrected chi connectivity index (χ3v) is 3.29. The minimum absolute atomic E-state index is 0.199. The predicted molar refractivity (Wildman–Crippen MR) is 89.5 cm³/mol. The van der Waals surface area contributed by atoms with Crippen molar-refractivity contribution in [2.75, 3.05) is 11.9 Å². The van der Waals surface area contributed by atoms with Crippen molar-refractivity contribution < 1.29 is 14.6 Å². The number of rotatable bonds is 6. The number of aliphatic hydroxyl groups is 1. The van der Waals surface area contributed by atoms with E-state index in [-0.39, 0.29) is 12.5 Å². The Balaban J connectivity index is 1.84. The number of nitrogens with zero attached hydrogens (tertiary/aromatic N) is 2. The summed E-state index contributed by atoms with van der Waals surface area (Å²) in [5.41, 5.74) is 2.09. The second-order valence-corrected chi connectivity index (χ2v) is 4.95. The largest absolute Gasteiger partial charge is 0.472 e. The van der Waals surface area contributed by atoms with Gasteiger partial charge in [0, 0.05) is 12.3 Å². The van der Waals surface area contributed by atoms with Crippen molar-refractivity contribution >= 4 is 22.6 Å². The topological polar surface area (TPSA) is 100 Å². The quantitative estimate of drug-likeness (QED) is 0.602. The number of carbonyl (C=O) groups excluding carboxylic acids is 1. The van der Waals surface area contributed by atoms with Crippen LogP contribution in [-0.2, 0) is 11.4 Å². The van der Waals surface area contributed by atoms with E-state index in [1.807, 2.05) is 30.3 Å². The predicted octanol–water partition coefficient (Wildman–Crippen LogP) is 2.02. The van der Waals surface area contributed by atoms with Gasteiger partial charge in [-0.3, -0.25) is 4.79 Å². The minimum Gasteiger partial charge on any atom is -0.472 e. The molecule has 122 valence electrons. The van der Waals surface area contributed by atoms with Gasteiger partial charge in [0.05, 0.1) is 12.3 Å². The van der Waals surface area contributed by atoms with Gasteiger partial charge in [-0.25, -0.2) is 9.97 Å². The molecule has 0 bridgehead atoms. The molecule has 1 amide bonds. The molecule has 0 aliphatic rings. The lowest BCUT2D eigenvalue weighted by atomic mass is 10.2. The lowest BCUT2D eigenvalue weighted by molar-refractivity contribution is -0.111. The Morgan fingerprint density at radius 3 is 2.92 bits per heavy atom. The maximum atomic E-state index is 11.8. The van der Waals surface area contributed by atoms with Gasteiger partial charge in [-0.1, -0.05) is 36.4 Å². The summed E-state index contributed by atoms with van der Waals surface area (Å²) in [5, 5.41) is 12.0. The normalized spacial score (nSPS) is 11.0. The Morgan fingerprint density at radius 1 is 1.29 bits per heavy atom. The minimum atomic E-state index is -0.359. The van der Waals surface area contributed by atoms with Crippen LogP contribution in [0.25, 0.3) is 11.0 Å². The van der Waals surface area contributed by atoms with Gasteiger partial charge in [-0.15, -0.1) is 0 Å². The number of nitrogens with one attached hydrogen (secondary N) is 2. The van der Waals surface area contributed by atoms with Gasteiger partial charge in [0.25, 0.3) is 0 Å². The number of hydrogen-bond donors (Lipinski definition) is 3. The number of aromatic nitrogens is 3. The van der Waals surface area contributed by atoms with Crippen LogP contribution >= 0.6 is 0 Å². The van der Waals surface area contributed by atoms with Crippen molar-refractivity contribution in [2.45, 2.75) is 6.61 Å². The summed E-state index contributed by atoms with van der Waals surface area (Å²) in [4.78, 5) is 23.1. The van der Waals surface area contributed by atoms with Crippen LogP contribution in [0.2, 0.25) is 0 Å². The second kappa shape index (κ2) is 7.38. The lowest BCUT2D eigenvalue weighted by Crippen LogP contribution is -2.08. The van der Waals surface area contributed by atoms with Crippen molar-refractivity contribution in [3.63, 3.8) is 0 Å². The monoisotopic (exact) mass is 324 g/mol. The number of amides is 1. The molecular weight excluding hydrogens is 308 g/mol. The molecule has 24 heavy (non-hydrogen) atoms. The summed E-state index contributed by atoms with van der Waals surface area (Å²) < 4.78 is 5.79. The number of benzene rings is 1. The smallest absolute Gasteiger partial charge is 0.248 e. The van der Waals surface area contributed by atoms with Crippen LogP contribution in [0.1, 0.15) is 5.56 Å². The van der Waals surface area contributed by atoms with Crippen LogP contribution in [0.15, 0.2) is 55.0 Å². The molecule has 0 radical (unpaired) electrons. The van der Waals surface area contributed by atoms with Crippen molar-refractivity contribution in [2.24, 2.45) is 0 Å². The van der Waals surface area contributed by atoms with E-state index in [0.717, 1.165) is 5.56 Å². The number of H-pyrrole nitrogens is 1. The van der Waals surface area contributed by atoms with Crippen molar-refractivity contribution in [3.8, 4) is 5.88 Å². The van der Waals surface area contributed by atoms with E-state index in [2.05, 4.69) is 20.3 Å². The van der Waals surface area contributed by atoms with Crippen molar-refractivity contribution in [1.82, 2.24) is 15.0 Å². The van der Waals surface area contributed by atoms with Gasteiger partial charge in [0.1, 0.15) is 24.0 Å². The molecule has 3 aromatic rings. The van der Waals surface area contributed by atoms with Crippen molar-refractivity contribution in [1.29, 1.82) is 0 Å². The molecule has 0 saturated carbocycles. The number of aromatic amines is 1. The Morgan fingerprint density at radius 2 is 2.12 bits per heavy atom. The van der Waals surface area contributed by atoms with Crippen LogP contribution in [0, 0.1) is 0 Å². The molecule has 7 heteroatoms. The Bertz CT molecular complexity index is 859. The number of fused-ring (bicyclic) bond motifs is 1. The molecule has 0 aliphatic heterocycles. The van der Waals surface area contributed by atoms with Crippen LogP contribution < -0.4 is 10.1 Å². The molecule has 0 saturated heterocycles. The van der Waals surface area contributed by atoms with Gasteiger partial charge >= 0.3 is 0 Å². The second-order valence-electron chi connectivity index (χ2n) is 4.95. The number of hydrogen-bond acceptors (Lipinski definition) is 5. The summed E-state index contributed by atoms with van der Waals surface area (Å²) >= 11 is 0. The van der Waals surface area contributed by atoms with Crippen LogP contribution in [0.4, 0.5) is 5.69 Å². The zero-order valence-corrected chi connectivity index (χ0v) is 12.8. The zero-order chi connectivity index (χ0) is 16.8. The van der Waals surface area contributed by atoms with Gasteiger partial charge in [0.15, 0.2) is 0 Å². The maximum absolute atomic E-state index is 11.8. The maximum Gasteiger partial charge on any atom is 0.248 e. The Kier molecular flexibility index (Phi) is 4.83. The van der Waals surface area contributed by atoms with Crippen molar-refractivity contribution in [3.05, 3.63) is 60.6 Å². The number of ether oxygens (including phenoxy) is 1. The molecule has 0 atom stereocenters. The Hall–Kier alpha value is -3.19. The zero-order valence-electron chi connectivity index (χ0n) is 12.8. The van der Waals surface area contributed by atoms with E-state index < -0.39 is 0 Å². The first-order valence-electron chi connectivity index (χ1n) is 7.35. The molecule has 0 fully saturated rings. The average molecular weight is 324 g/mol. The van der Waals surface area contributed by atoms with Gasteiger partial charge < -0.3 is 20.1 Å². The number of aliphatic hydroxyl groups excluding tert-OH is 1. The van der Waals surface area contributed by atoms with E-state index >= 15 is 0 Å². The van der Waals surface area contributed by atoms with E-state index in [1.54, 1.807) is 6.20 Å². The molecule has 0 spiro atoms. The Labute approximate surface area is 138 Å². The molecule has 0 unspecified atom stereocenters. The highest BCUT2D eigenvalue weighted by atomic mass is 16.5. The van der Waals surface area contributed by atoms with E-state index in [0.29, 0.717) is 29.2 Å². The lowest BCUT2D eigenvalue weighted by Gasteiger charge is -2.07. The van der Waals surface area contributed by atoms with Crippen LogP contribution in [0.3, 0.4) is 0 Å².